The molecule has 0 bridgehead atoms. The molecule has 1 aliphatic heterocycles. The highest BCUT2D eigenvalue weighted by atomic mass is 16.5. The minimum atomic E-state index is 0.604. The van der Waals surface area contributed by atoms with Crippen molar-refractivity contribution < 1.29 is 4.74 Å². The van der Waals surface area contributed by atoms with E-state index in [2.05, 4.69) is 43.6 Å². The van der Waals surface area contributed by atoms with Gasteiger partial charge in [-0.1, -0.05) is 38.0 Å². The summed E-state index contributed by atoms with van der Waals surface area (Å²) >= 11 is 0. The van der Waals surface area contributed by atoms with Crippen molar-refractivity contribution in [1.82, 2.24) is 5.32 Å². The molecule has 1 aromatic rings. The van der Waals surface area contributed by atoms with E-state index in [9.17, 15) is 0 Å². The Labute approximate surface area is 122 Å². The number of rotatable bonds is 3. The Morgan fingerprint density at radius 2 is 1.85 bits per heavy atom. The summed E-state index contributed by atoms with van der Waals surface area (Å²) in [4.78, 5) is 0. The minimum absolute atomic E-state index is 0.604. The number of likely N-dealkylation sites (N-methyl/N-ethyl adjacent to an activating group) is 1. The summed E-state index contributed by atoms with van der Waals surface area (Å²) in [5.74, 6) is 3.47. The number of nitrogens with one attached hydrogen (secondary N) is 1. The van der Waals surface area contributed by atoms with Crippen LogP contribution in [-0.4, -0.2) is 19.7 Å². The molecule has 0 spiro atoms. The van der Waals surface area contributed by atoms with Crippen molar-refractivity contribution in [2.75, 3.05) is 13.7 Å². The maximum absolute atomic E-state index is 5.82. The number of fused-ring (bicyclic) bond motifs is 1. The Morgan fingerprint density at radius 3 is 2.60 bits per heavy atom. The number of hydrogen-bond donors (Lipinski definition) is 1. The quantitative estimate of drug-likeness (QED) is 0.900. The fourth-order valence-corrected chi connectivity index (χ4v) is 4.15. The molecule has 0 radical (unpaired) electrons. The molecule has 2 heteroatoms. The second kappa shape index (κ2) is 6.17. The zero-order chi connectivity index (χ0) is 13.9. The van der Waals surface area contributed by atoms with Crippen LogP contribution in [0, 0.1) is 11.8 Å². The van der Waals surface area contributed by atoms with Crippen molar-refractivity contribution in [3.05, 3.63) is 29.8 Å². The Hall–Kier alpha value is -1.02. The van der Waals surface area contributed by atoms with Gasteiger partial charge in [-0.15, -0.1) is 0 Å². The van der Waals surface area contributed by atoms with E-state index in [-0.39, 0.29) is 0 Å². The third-order valence-electron chi connectivity index (χ3n) is 5.34. The molecule has 2 atom stereocenters. The maximum Gasteiger partial charge on any atom is 0.122 e. The molecule has 1 aromatic carbocycles. The molecule has 1 heterocycles. The molecule has 1 N–H and O–H groups in total. The van der Waals surface area contributed by atoms with Crippen LogP contribution in [-0.2, 0) is 0 Å². The van der Waals surface area contributed by atoms with Gasteiger partial charge in [-0.3, -0.25) is 0 Å². The molecule has 2 unspecified atom stereocenters. The third-order valence-corrected chi connectivity index (χ3v) is 5.34. The SMILES string of the molecule is CNC(C1CCC(C)CC1)C1CCOc2ccccc21. The summed E-state index contributed by atoms with van der Waals surface area (Å²) in [6, 6.07) is 9.22. The fraction of sp³-hybridized carbons (Fsp3) is 0.667. The average Bonchev–Trinajstić information content (AvgIpc) is 2.50. The van der Waals surface area contributed by atoms with Gasteiger partial charge in [-0.25, -0.2) is 0 Å². The van der Waals surface area contributed by atoms with Gasteiger partial charge in [0.1, 0.15) is 5.75 Å². The first-order chi connectivity index (χ1) is 9.79. The molecule has 0 aromatic heterocycles. The van der Waals surface area contributed by atoms with Crippen molar-refractivity contribution in [2.45, 2.75) is 51.0 Å². The van der Waals surface area contributed by atoms with Gasteiger partial charge in [-0.2, -0.15) is 0 Å². The molecule has 110 valence electrons. The first kappa shape index (κ1) is 13.9. The van der Waals surface area contributed by atoms with Crippen molar-refractivity contribution >= 4 is 0 Å². The maximum atomic E-state index is 5.82. The summed E-state index contributed by atoms with van der Waals surface area (Å²) in [7, 11) is 2.14. The van der Waals surface area contributed by atoms with Crippen molar-refractivity contribution in [2.24, 2.45) is 11.8 Å². The van der Waals surface area contributed by atoms with E-state index in [1.54, 1.807) is 0 Å². The van der Waals surface area contributed by atoms with E-state index in [0.717, 1.165) is 30.6 Å². The molecule has 2 aliphatic rings. The number of hydrogen-bond acceptors (Lipinski definition) is 2. The van der Waals surface area contributed by atoms with Crippen LogP contribution in [0.4, 0.5) is 0 Å². The van der Waals surface area contributed by atoms with Crippen LogP contribution < -0.4 is 10.1 Å². The van der Waals surface area contributed by atoms with Crippen molar-refractivity contribution in [3.8, 4) is 5.75 Å². The normalized spacial score (nSPS) is 31.2. The monoisotopic (exact) mass is 273 g/mol. The molecule has 1 aliphatic carbocycles. The summed E-state index contributed by atoms with van der Waals surface area (Å²) in [6.07, 6.45) is 6.70. The standard InChI is InChI=1S/C18H27NO/c1-13-7-9-14(10-8-13)18(19-2)16-11-12-20-17-6-4-3-5-15(16)17/h3-6,13-14,16,18-19H,7-12H2,1-2H3. The molecule has 0 saturated heterocycles. The second-order valence-electron chi connectivity index (χ2n) is 6.62. The average molecular weight is 273 g/mol. The predicted molar refractivity (Wildman–Crippen MR) is 83.3 cm³/mol. The van der Waals surface area contributed by atoms with Crippen LogP contribution in [0.2, 0.25) is 0 Å². The summed E-state index contributed by atoms with van der Waals surface area (Å²) in [5, 5.41) is 3.64. The molecular weight excluding hydrogens is 246 g/mol. The van der Waals surface area contributed by atoms with Gasteiger partial charge in [0.05, 0.1) is 6.61 Å². The van der Waals surface area contributed by atoms with E-state index in [1.165, 1.54) is 31.2 Å². The number of para-hydroxylation sites is 1. The van der Waals surface area contributed by atoms with Crippen LogP contribution in [0.15, 0.2) is 24.3 Å². The van der Waals surface area contributed by atoms with Gasteiger partial charge in [0.25, 0.3) is 0 Å². The fourth-order valence-electron chi connectivity index (χ4n) is 4.15. The highest BCUT2D eigenvalue weighted by Gasteiger charge is 2.34. The van der Waals surface area contributed by atoms with Crippen LogP contribution in [0.25, 0.3) is 0 Å². The smallest absolute Gasteiger partial charge is 0.122 e. The minimum Gasteiger partial charge on any atom is -0.493 e. The Balaban J connectivity index is 1.80. The van der Waals surface area contributed by atoms with E-state index in [1.807, 2.05) is 0 Å². The van der Waals surface area contributed by atoms with E-state index >= 15 is 0 Å². The van der Waals surface area contributed by atoms with Crippen molar-refractivity contribution in [3.63, 3.8) is 0 Å². The topological polar surface area (TPSA) is 21.3 Å². The van der Waals surface area contributed by atoms with Gasteiger partial charge < -0.3 is 10.1 Å². The highest BCUT2D eigenvalue weighted by molar-refractivity contribution is 5.38. The zero-order valence-corrected chi connectivity index (χ0v) is 12.8. The van der Waals surface area contributed by atoms with E-state index in [0.29, 0.717) is 12.0 Å². The van der Waals surface area contributed by atoms with Crippen LogP contribution >= 0.6 is 0 Å². The summed E-state index contributed by atoms with van der Waals surface area (Å²) in [5.41, 5.74) is 1.41. The second-order valence-corrected chi connectivity index (χ2v) is 6.62. The lowest BCUT2D eigenvalue weighted by Gasteiger charge is -2.39. The zero-order valence-electron chi connectivity index (χ0n) is 12.8. The lowest BCUT2D eigenvalue weighted by Crippen LogP contribution is -2.42. The summed E-state index contributed by atoms with van der Waals surface area (Å²) < 4.78 is 5.82. The van der Waals surface area contributed by atoms with Gasteiger partial charge in [-0.05, 0) is 49.8 Å². The first-order valence-corrected chi connectivity index (χ1v) is 8.18. The van der Waals surface area contributed by atoms with E-state index < -0.39 is 0 Å². The molecule has 1 saturated carbocycles. The highest BCUT2D eigenvalue weighted by Crippen LogP contribution is 2.41. The Kier molecular flexibility index (Phi) is 4.30. The molecule has 3 rings (SSSR count). The predicted octanol–water partition coefficient (Wildman–Crippen LogP) is 3.97. The Morgan fingerprint density at radius 1 is 1.10 bits per heavy atom. The van der Waals surface area contributed by atoms with Gasteiger partial charge in [0.15, 0.2) is 0 Å². The van der Waals surface area contributed by atoms with Crippen molar-refractivity contribution in [1.29, 1.82) is 0 Å². The summed E-state index contributed by atoms with van der Waals surface area (Å²) in [6.45, 7) is 3.26. The molecule has 20 heavy (non-hydrogen) atoms. The van der Waals surface area contributed by atoms with Crippen LogP contribution in [0.3, 0.4) is 0 Å². The lowest BCUT2D eigenvalue weighted by molar-refractivity contribution is 0.182. The van der Waals surface area contributed by atoms with E-state index in [4.69, 9.17) is 4.74 Å². The molecule has 2 nitrogen and oxygen atoms in total. The molecule has 1 fully saturated rings. The number of ether oxygens (including phenoxy) is 1. The molecular formula is C18H27NO. The third kappa shape index (κ3) is 2.71. The van der Waals surface area contributed by atoms with Crippen LogP contribution in [0.1, 0.15) is 50.5 Å². The number of benzene rings is 1. The first-order valence-electron chi connectivity index (χ1n) is 8.18. The van der Waals surface area contributed by atoms with Crippen LogP contribution in [0.5, 0.6) is 5.75 Å². The van der Waals surface area contributed by atoms with Gasteiger partial charge >= 0.3 is 0 Å². The Bertz CT molecular complexity index is 437. The van der Waals surface area contributed by atoms with Gasteiger partial charge in [0.2, 0.25) is 0 Å². The lowest BCUT2D eigenvalue weighted by atomic mass is 9.72. The largest absolute Gasteiger partial charge is 0.493 e. The van der Waals surface area contributed by atoms with Gasteiger partial charge in [0, 0.05) is 12.0 Å². The molecule has 0 amide bonds.